The van der Waals surface area contributed by atoms with Crippen molar-refractivity contribution in [2.75, 3.05) is 30.9 Å². The summed E-state index contributed by atoms with van der Waals surface area (Å²) in [4.78, 5) is 14.6. The minimum absolute atomic E-state index is 0.0109. The molecule has 0 bridgehead atoms. The third-order valence-corrected chi connectivity index (χ3v) is 8.01. The molecule has 3 heterocycles. The van der Waals surface area contributed by atoms with Crippen molar-refractivity contribution in [2.24, 2.45) is 5.92 Å². The Morgan fingerprint density at radius 1 is 1.17 bits per heavy atom. The molecule has 0 amide bonds. The molecule has 0 spiro atoms. The average molecular weight is 514 g/mol. The van der Waals surface area contributed by atoms with E-state index in [1.54, 1.807) is 18.4 Å². The molecule has 1 aromatic carbocycles. The summed E-state index contributed by atoms with van der Waals surface area (Å²) in [7, 11) is 1.69. The van der Waals surface area contributed by atoms with E-state index < -0.39 is 5.79 Å². The highest BCUT2D eigenvalue weighted by molar-refractivity contribution is 7.21. The lowest BCUT2D eigenvalue weighted by molar-refractivity contribution is -0.158. The summed E-state index contributed by atoms with van der Waals surface area (Å²) in [6.45, 7) is 10.4. The molecule has 3 N–H and O–H groups in total. The van der Waals surface area contributed by atoms with Crippen LogP contribution in [-0.2, 0) is 14.2 Å². The number of aryl methyl sites for hydroxylation is 1. The first-order valence-corrected chi connectivity index (χ1v) is 13.2. The second kappa shape index (κ2) is 9.50. The molecule has 3 aromatic rings. The molecular weight excluding hydrogens is 478 g/mol. The molecule has 1 aliphatic carbocycles. The van der Waals surface area contributed by atoms with Crippen LogP contribution >= 0.6 is 11.3 Å². The largest absolute Gasteiger partial charge is 0.396 e. The first-order chi connectivity index (χ1) is 17.1. The third-order valence-electron chi connectivity index (χ3n) is 6.96. The normalized spacial score (nSPS) is 25.3. The number of fused-ring (bicyclic) bond motifs is 2. The molecule has 0 unspecified atom stereocenters. The second-order valence-corrected chi connectivity index (χ2v) is 11.7. The van der Waals surface area contributed by atoms with Crippen molar-refractivity contribution in [1.29, 1.82) is 0 Å². The molecule has 2 fully saturated rings. The maximum absolute atomic E-state index is 10.0. The molecule has 4 atom stereocenters. The fourth-order valence-corrected chi connectivity index (χ4v) is 6.00. The molecule has 9 nitrogen and oxygen atoms in total. The maximum Gasteiger partial charge on any atom is 0.225 e. The number of nitrogens with one attached hydrogen (secondary N) is 2. The van der Waals surface area contributed by atoms with Gasteiger partial charge in [-0.1, -0.05) is 12.1 Å². The van der Waals surface area contributed by atoms with Gasteiger partial charge in [-0.25, -0.2) is 9.97 Å². The van der Waals surface area contributed by atoms with E-state index in [2.05, 4.69) is 16.7 Å². The molecular formula is C26H35N5O4S. The molecule has 2 aromatic heterocycles. The van der Waals surface area contributed by atoms with Crippen molar-refractivity contribution < 1.29 is 19.3 Å². The van der Waals surface area contributed by atoms with Crippen LogP contribution in [0.15, 0.2) is 24.3 Å². The van der Waals surface area contributed by atoms with Crippen molar-refractivity contribution in [2.45, 2.75) is 70.7 Å². The topological polar surface area (TPSA) is 111 Å². The summed E-state index contributed by atoms with van der Waals surface area (Å²) >= 11 is 1.62. The number of nitrogens with zero attached hydrogens (tertiary/aromatic N) is 3. The van der Waals surface area contributed by atoms with E-state index in [9.17, 15) is 5.11 Å². The van der Waals surface area contributed by atoms with Gasteiger partial charge in [-0.2, -0.15) is 4.98 Å². The van der Waals surface area contributed by atoms with Crippen molar-refractivity contribution >= 4 is 33.3 Å². The number of ether oxygens (including phenoxy) is 3. The number of methoxy groups -OCH3 is 1. The van der Waals surface area contributed by atoms with Gasteiger partial charge in [0.2, 0.25) is 5.95 Å². The van der Waals surface area contributed by atoms with E-state index in [1.807, 2.05) is 52.8 Å². The molecule has 194 valence electrons. The van der Waals surface area contributed by atoms with Crippen LogP contribution in [0.1, 0.15) is 39.8 Å². The zero-order valence-electron chi connectivity index (χ0n) is 21.7. The Morgan fingerprint density at radius 3 is 2.64 bits per heavy atom. The van der Waals surface area contributed by atoms with Gasteiger partial charge in [-0.05, 0) is 53.2 Å². The molecule has 36 heavy (non-hydrogen) atoms. The maximum atomic E-state index is 10.0. The number of rotatable bonds is 8. The number of aromatic nitrogens is 3. The second-order valence-electron chi connectivity index (χ2n) is 10.7. The van der Waals surface area contributed by atoms with Crippen molar-refractivity contribution in [3.63, 3.8) is 0 Å². The van der Waals surface area contributed by atoms with Crippen LogP contribution < -0.4 is 10.6 Å². The first kappa shape index (κ1) is 25.3. The van der Waals surface area contributed by atoms with Gasteiger partial charge in [-0.3, -0.25) is 0 Å². The molecule has 1 saturated heterocycles. The number of para-hydroxylation sites is 1. The molecule has 5 rings (SSSR count). The van der Waals surface area contributed by atoms with Gasteiger partial charge in [0.05, 0.1) is 39.2 Å². The van der Waals surface area contributed by atoms with Gasteiger partial charge in [0, 0.05) is 26.2 Å². The van der Waals surface area contributed by atoms with Crippen LogP contribution in [0.2, 0.25) is 0 Å². The zero-order chi connectivity index (χ0) is 25.7. The van der Waals surface area contributed by atoms with Crippen LogP contribution in [0.4, 0.5) is 11.8 Å². The van der Waals surface area contributed by atoms with E-state index in [0.717, 1.165) is 26.5 Å². The summed E-state index contributed by atoms with van der Waals surface area (Å²) in [6, 6.07) is 8.01. The van der Waals surface area contributed by atoms with Crippen molar-refractivity contribution in [3.8, 4) is 10.6 Å². The van der Waals surface area contributed by atoms with E-state index >= 15 is 0 Å². The van der Waals surface area contributed by atoms with Crippen LogP contribution in [0.5, 0.6) is 0 Å². The van der Waals surface area contributed by atoms with Crippen LogP contribution in [0.3, 0.4) is 0 Å². The Kier molecular flexibility index (Phi) is 6.67. The first-order valence-electron chi connectivity index (χ1n) is 12.4. The lowest BCUT2D eigenvalue weighted by atomic mass is 10.1. The molecule has 1 saturated carbocycles. The fourth-order valence-electron chi connectivity index (χ4n) is 4.94. The highest BCUT2D eigenvalue weighted by Gasteiger charge is 2.54. The summed E-state index contributed by atoms with van der Waals surface area (Å²) in [5.41, 5.74) is 2.27. The van der Waals surface area contributed by atoms with E-state index in [4.69, 9.17) is 29.2 Å². The van der Waals surface area contributed by atoms with E-state index in [-0.39, 0.29) is 36.4 Å². The number of anilines is 2. The highest BCUT2D eigenvalue weighted by Crippen LogP contribution is 2.44. The lowest BCUT2D eigenvalue weighted by Crippen LogP contribution is -2.35. The van der Waals surface area contributed by atoms with E-state index in [0.29, 0.717) is 24.7 Å². The monoisotopic (exact) mass is 513 g/mol. The van der Waals surface area contributed by atoms with Gasteiger partial charge >= 0.3 is 0 Å². The molecule has 2 aliphatic rings. The van der Waals surface area contributed by atoms with Crippen molar-refractivity contribution in [1.82, 2.24) is 15.0 Å². The van der Waals surface area contributed by atoms with Crippen LogP contribution in [-0.4, -0.2) is 70.0 Å². The Balaban J connectivity index is 1.53. The number of benzene rings is 1. The number of hydrogen-bond acceptors (Lipinski definition) is 10. The minimum atomic E-state index is -0.695. The van der Waals surface area contributed by atoms with Gasteiger partial charge in [-0.15, -0.1) is 11.3 Å². The smallest absolute Gasteiger partial charge is 0.225 e. The Morgan fingerprint density at radius 2 is 1.92 bits per heavy atom. The summed E-state index contributed by atoms with van der Waals surface area (Å²) in [5.74, 6) is 0.499. The third kappa shape index (κ3) is 4.92. The molecule has 0 radical (unpaired) electrons. The SMILES string of the molecule is COC(C)(C)CNc1nc(C)c(-c2nc3ccccc3s2)c(N[C@@H]2C[C@H](CO)[C@H]3OC(C)(C)O[C@H]32)n1. The number of aliphatic hydroxyl groups excluding tert-OH is 1. The number of hydrogen-bond donors (Lipinski definition) is 3. The molecule has 10 heteroatoms. The zero-order valence-corrected chi connectivity index (χ0v) is 22.5. The van der Waals surface area contributed by atoms with Gasteiger partial charge in [0.1, 0.15) is 16.9 Å². The Hall–Kier alpha value is -2.37. The summed E-state index contributed by atoms with van der Waals surface area (Å²) in [6.07, 6.45) is 0.347. The van der Waals surface area contributed by atoms with Gasteiger partial charge < -0.3 is 30.0 Å². The van der Waals surface area contributed by atoms with Crippen LogP contribution in [0, 0.1) is 12.8 Å². The minimum Gasteiger partial charge on any atom is -0.396 e. The fraction of sp³-hybridized carbons (Fsp3) is 0.577. The number of aliphatic hydroxyl groups is 1. The molecule has 1 aliphatic heterocycles. The predicted molar refractivity (Wildman–Crippen MR) is 141 cm³/mol. The Bertz CT molecular complexity index is 1210. The van der Waals surface area contributed by atoms with Crippen LogP contribution in [0.25, 0.3) is 20.8 Å². The predicted octanol–water partition coefficient (Wildman–Crippen LogP) is 4.21. The Labute approximate surface area is 215 Å². The highest BCUT2D eigenvalue weighted by atomic mass is 32.1. The van der Waals surface area contributed by atoms with E-state index in [1.165, 1.54) is 0 Å². The summed E-state index contributed by atoms with van der Waals surface area (Å²) < 4.78 is 19.1. The van der Waals surface area contributed by atoms with Gasteiger partial charge in [0.25, 0.3) is 0 Å². The standard InChI is InChI=1S/C26H35N5O4S/c1-14-19(23-30-16-9-7-8-10-18(16)36-23)22(31-24(28-14)27-13-25(2,3)33-6)29-17-11-15(12-32)20-21(17)35-26(4,5)34-20/h7-10,15,17,20-21,32H,11-13H2,1-6H3,(H2,27,28,29,31)/t15-,17-,20-,21+/m1/s1. The quantitative estimate of drug-likeness (QED) is 0.408. The summed E-state index contributed by atoms with van der Waals surface area (Å²) in [5, 5.41) is 17.9. The number of thiazole rings is 1. The van der Waals surface area contributed by atoms with Crippen molar-refractivity contribution in [3.05, 3.63) is 30.0 Å². The average Bonchev–Trinajstić information content (AvgIpc) is 3.48. The lowest BCUT2D eigenvalue weighted by Gasteiger charge is -2.26. The van der Waals surface area contributed by atoms with Gasteiger partial charge in [0.15, 0.2) is 5.79 Å².